The Balaban J connectivity index is 2.51. The van der Waals surface area contributed by atoms with E-state index in [1.807, 2.05) is 13.8 Å². The third kappa shape index (κ3) is 4.21. The molecular weight excluding hydrogens is 214 g/mol. The van der Waals surface area contributed by atoms with Gasteiger partial charge in [0.2, 0.25) is 0 Å². The Morgan fingerprint density at radius 2 is 2.33 bits per heavy atom. The van der Waals surface area contributed by atoms with Gasteiger partial charge < -0.3 is 10.1 Å². The van der Waals surface area contributed by atoms with Gasteiger partial charge in [0.05, 0.1) is 0 Å². The minimum atomic E-state index is -0.452. The van der Waals surface area contributed by atoms with E-state index in [9.17, 15) is 4.79 Å². The van der Waals surface area contributed by atoms with Crippen LogP contribution in [0.3, 0.4) is 0 Å². The molecular formula is C11H14ClNO2. The molecule has 15 heavy (non-hydrogen) atoms. The Morgan fingerprint density at radius 3 is 2.93 bits per heavy atom. The van der Waals surface area contributed by atoms with Gasteiger partial charge in [-0.25, -0.2) is 4.79 Å². The van der Waals surface area contributed by atoms with Crippen LogP contribution in [0.1, 0.15) is 20.3 Å². The average molecular weight is 228 g/mol. The minimum absolute atomic E-state index is 0.108. The first-order chi connectivity index (χ1) is 7.11. The van der Waals surface area contributed by atoms with Gasteiger partial charge in [0.1, 0.15) is 5.75 Å². The molecule has 0 spiro atoms. The molecule has 1 aromatic carbocycles. The second kappa shape index (κ2) is 5.61. The minimum Gasteiger partial charge on any atom is -0.410 e. The van der Waals surface area contributed by atoms with Crippen molar-refractivity contribution in [1.29, 1.82) is 0 Å². The highest BCUT2D eigenvalue weighted by molar-refractivity contribution is 6.30. The van der Waals surface area contributed by atoms with Crippen molar-refractivity contribution in [3.8, 4) is 5.75 Å². The van der Waals surface area contributed by atoms with Gasteiger partial charge in [0, 0.05) is 11.1 Å². The summed E-state index contributed by atoms with van der Waals surface area (Å²) in [7, 11) is 0. The van der Waals surface area contributed by atoms with Gasteiger partial charge in [-0.05, 0) is 31.5 Å². The maximum Gasteiger partial charge on any atom is 0.412 e. The molecule has 4 heteroatoms. The van der Waals surface area contributed by atoms with E-state index in [0.717, 1.165) is 6.42 Å². The van der Waals surface area contributed by atoms with E-state index < -0.39 is 6.09 Å². The molecule has 0 saturated carbocycles. The monoisotopic (exact) mass is 227 g/mol. The third-order valence-electron chi connectivity index (χ3n) is 1.98. The fourth-order valence-corrected chi connectivity index (χ4v) is 1.15. The number of benzene rings is 1. The van der Waals surface area contributed by atoms with Gasteiger partial charge in [-0.15, -0.1) is 0 Å². The summed E-state index contributed by atoms with van der Waals surface area (Å²) in [5.74, 6) is 0.448. The van der Waals surface area contributed by atoms with Crippen LogP contribution in [0.5, 0.6) is 5.75 Å². The quantitative estimate of drug-likeness (QED) is 0.861. The van der Waals surface area contributed by atoms with Crippen molar-refractivity contribution in [3.63, 3.8) is 0 Å². The lowest BCUT2D eigenvalue weighted by atomic mass is 10.3. The summed E-state index contributed by atoms with van der Waals surface area (Å²) in [5, 5.41) is 3.24. The number of carbonyl (C=O) groups is 1. The van der Waals surface area contributed by atoms with Gasteiger partial charge in [-0.1, -0.05) is 24.6 Å². The highest BCUT2D eigenvalue weighted by atomic mass is 35.5. The van der Waals surface area contributed by atoms with Crippen molar-refractivity contribution in [3.05, 3.63) is 29.3 Å². The Morgan fingerprint density at radius 1 is 1.60 bits per heavy atom. The molecule has 3 nitrogen and oxygen atoms in total. The van der Waals surface area contributed by atoms with E-state index in [2.05, 4.69) is 5.32 Å². The molecule has 0 heterocycles. The number of carbonyl (C=O) groups excluding carboxylic acids is 1. The van der Waals surface area contributed by atoms with Crippen LogP contribution >= 0.6 is 11.6 Å². The predicted octanol–water partition coefficient (Wildman–Crippen LogP) is 3.23. The Kier molecular flexibility index (Phi) is 4.43. The van der Waals surface area contributed by atoms with E-state index >= 15 is 0 Å². The molecule has 0 aliphatic heterocycles. The van der Waals surface area contributed by atoms with Crippen LogP contribution in [-0.4, -0.2) is 12.1 Å². The first kappa shape index (κ1) is 11.9. The number of hydrogen-bond donors (Lipinski definition) is 1. The number of ether oxygens (including phenoxy) is 1. The summed E-state index contributed by atoms with van der Waals surface area (Å²) in [6.07, 6.45) is 0.414. The van der Waals surface area contributed by atoms with E-state index in [1.165, 1.54) is 0 Å². The first-order valence-corrected chi connectivity index (χ1v) is 5.23. The molecule has 0 radical (unpaired) electrons. The molecule has 1 rings (SSSR count). The maximum absolute atomic E-state index is 11.3. The normalized spacial score (nSPS) is 11.9. The first-order valence-electron chi connectivity index (χ1n) is 4.85. The zero-order chi connectivity index (χ0) is 11.3. The SMILES string of the molecule is CCC(C)NC(=O)Oc1cccc(Cl)c1. The maximum atomic E-state index is 11.3. The summed E-state index contributed by atoms with van der Waals surface area (Å²) in [6, 6.07) is 6.84. The van der Waals surface area contributed by atoms with Crippen molar-refractivity contribution < 1.29 is 9.53 Å². The largest absolute Gasteiger partial charge is 0.412 e. The van der Waals surface area contributed by atoms with E-state index in [0.29, 0.717) is 10.8 Å². The Labute approximate surface area is 94.4 Å². The number of nitrogens with one attached hydrogen (secondary N) is 1. The smallest absolute Gasteiger partial charge is 0.410 e. The zero-order valence-electron chi connectivity index (χ0n) is 8.79. The predicted molar refractivity (Wildman–Crippen MR) is 60.4 cm³/mol. The van der Waals surface area contributed by atoms with Crippen LogP contribution in [0, 0.1) is 0 Å². The molecule has 1 N–H and O–H groups in total. The number of amides is 1. The fraction of sp³-hybridized carbons (Fsp3) is 0.364. The number of halogens is 1. The molecule has 0 aliphatic rings. The summed E-state index contributed by atoms with van der Waals surface area (Å²) >= 11 is 5.75. The van der Waals surface area contributed by atoms with Crippen LogP contribution in [0.4, 0.5) is 4.79 Å². The highest BCUT2D eigenvalue weighted by Gasteiger charge is 2.07. The van der Waals surface area contributed by atoms with E-state index in [-0.39, 0.29) is 6.04 Å². The van der Waals surface area contributed by atoms with Crippen molar-refractivity contribution in [2.45, 2.75) is 26.3 Å². The highest BCUT2D eigenvalue weighted by Crippen LogP contribution is 2.17. The topological polar surface area (TPSA) is 38.3 Å². The van der Waals surface area contributed by atoms with Crippen molar-refractivity contribution in [1.82, 2.24) is 5.32 Å². The number of rotatable bonds is 3. The van der Waals surface area contributed by atoms with Gasteiger partial charge in [0.15, 0.2) is 0 Å². The van der Waals surface area contributed by atoms with Gasteiger partial charge >= 0.3 is 6.09 Å². The van der Waals surface area contributed by atoms with Gasteiger partial charge in [0.25, 0.3) is 0 Å². The zero-order valence-corrected chi connectivity index (χ0v) is 9.54. The summed E-state index contributed by atoms with van der Waals surface area (Å²) in [6.45, 7) is 3.91. The van der Waals surface area contributed by atoms with Crippen LogP contribution in [0.2, 0.25) is 5.02 Å². The number of hydrogen-bond acceptors (Lipinski definition) is 2. The molecule has 1 unspecified atom stereocenters. The van der Waals surface area contributed by atoms with Crippen LogP contribution in [-0.2, 0) is 0 Å². The van der Waals surface area contributed by atoms with E-state index in [1.54, 1.807) is 24.3 Å². The Hall–Kier alpha value is -1.22. The molecule has 82 valence electrons. The lowest BCUT2D eigenvalue weighted by molar-refractivity contribution is 0.196. The van der Waals surface area contributed by atoms with Crippen molar-refractivity contribution in [2.24, 2.45) is 0 Å². The fourth-order valence-electron chi connectivity index (χ4n) is 0.970. The van der Waals surface area contributed by atoms with E-state index in [4.69, 9.17) is 16.3 Å². The molecule has 0 saturated heterocycles. The van der Waals surface area contributed by atoms with Crippen LogP contribution in [0.25, 0.3) is 0 Å². The lowest BCUT2D eigenvalue weighted by Crippen LogP contribution is -2.34. The second-order valence-electron chi connectivity index (χ2n) is 3.30. The molecule has 0 bridgehead atoms. The van der Waals surface area contributed by atoms with Crippen LogP contribution in [0.15, 0.2) is 24.3 Å². The molecule has 0 aliphatic carbocycles. The average Bonchev–Trinajstić information content (AvgIpc) is 2.17. The third-order valence-corrected chi connectivity index (χ3v) is 2.22. The van der Waals surface area contributed by atoms with Crippen molar-refractivity contribution >= 4 is 17.7 Å². The summed E-state index contributed by atoms with van der Waals surface area (Å²) in [4.78, 5) is 11.3. The standard InChI is InChI=1S/C11H14ClNO2/c1-3-8(2)13-11(14)15-10-6-4-5-9(12)7-10/h4-8H,3H2,1-2H3,(H,13,14). The molecule has 1 aromatic rings. The van der Waals surface area contributed by atoms with Crippen molar-refractivity contribution in [2.75, 3.05) is 0 Å². The molecule has 0 aromatic heterocycles. The van der Waals surface area contributed by atoms with Gasteiger partial charge in [-0.3, -0.25) is 0 Å². The molecule has 1 amide bonds. The summed E-state index contributed by atoms with van der Waals surface area (Å²) in [5.41, 5.74) is 0. The summed E-state index contributed by atoms with van der Waals surface area (Å²) < 4.78 is 5.03. The van der Waals surface area contributed by atoms with Gasteiger partial charge in [-0.2, -0.15) is 0 Å². The molecule has 0 fully saturated rings. The van der Waals surface area contributed by atoms with Crippen LogP contribution < -0.4 is 10.1 Å². The lowest BCUT2D eigenvalue weighted by Gasteiger charge is -2.11. The second-order valence-corrected chi connectivity index (χ2v) is 3.74. The Bertz CT molecular complexity index is 341. The molecule has 1 atom stereocenters.